The Morgan fingerprint density at radius 3 is 2.36 bits per heavy atom. The fraction of sp³-hybridized carbons (Fsp3) is 0.864. The predicted molar refractivity (Wildman–Crippen MR) is 107 cm³/mol. The van der Waals surface area contributed by atoms with Gasteiger partial charge in [0.05, 0.1) is 12.4 Å². The highest BCUT2D eigenvalue weighted by Crippen LogP contribution is 2.36. The summed E-state index contributed by atoms with van der Waals surface area (Å²) in [6.45, 7) is 8.28. The molecule has 0 saturated heterocycles. The molecule has 0 radical (unpaired) electrons. The summed E-state index contributed by atoms with van der Waals surface area (Å²) in [5.41, 5.74) is 0.922. The maximum atomic E-state index is 13.1. The number of alkyl halides is 1. The number of nitrogens with zero attached hydrogens (tertiary/aromatic N) is 1. The molecule has 0 aromatic carbocycles. The van der Waals surface area contributed by atoms with Crippen LogP contribution >= 0.6 is 0 Å². The Morgan fingerprint density at radius 2 is 1.76 bits per heavy atom. The molecule has 1 rings (SSSR count). The lowest BCUT2D eigenvalue weighted by Gasteiger charge is -2.35. The number of halogens is 1. The van der Waals surface area contributed by atoms with Crippen LogP contribution in [0.2, 0.25) is 0 Å². The van der Waals surface area contributed by atoms with Crippen LogP contribution < -0.4 is 0 Å². The topological polar surface area (TPSA) is 32.6 Å². The van der Waals surface area contributed by atoms with Gasteiger partial charge in [-0.25, -0.2) is 0 Å². The van der Waals surface area contributed by atoms with Crippen LogP contribution in [0, 0.1) is 11.8 Å². The fourth-order valence-electron chi connectivity index (χ4n) is 3.90. The Labute approximate surface area is 155 Å². The van der Waals surface area contributed by atoms with Gasteiger partial charge in [0.15, 0.2) is 0 Å². The van der Waals surface area contributed by atoms with E-state index in [9.17, 15) is 9.50 Å². The summed E-state index contributed by atoms with van der Waals surface area (Å²) in [5.74, 6) is 0.670. The number of hydrogen-bond acceptors (Lipinski definition) is 2. The van der Waals surface area contributed by atoms with E-state index in [-0.39, 0.29) is 6.67 Å². The molecule has 0 fully saturated rings. The van der Waals surface area contributed by atoms with Gasteiger partial charge in [0.1, 0.15) is 5.60 Å². The molecule has 25 heavy (non-hydrogen) atoms. The molecule has 0 bridgehead atoms. The number of aliphatic imine (C=N–C) groups is 1. The van der Waals surface area contributed by atoms with Gasteiger partial charge < -0.3 is 5.11 Å². The number of aliphatic hydroxyl groups is 1. The van der Waals surface area contributed by atoms with Gasteiger partial charge in [-0.05, 0) is 25.2 Å². The summed E-state index contributed by atoms with van der Waals surface area (Å²) in [5, 5.41) is 11.2. The first-order chi connectivity index (χ1) is 12.0. The number of unbranched alkanes of at least 4 members (excludes halogenated alkanes) is 5. The molecule has 0 saturated carbocycles. The van der Waals surface area contributed by atoms with Gasteiger partial charge in [-0.3, -0.25) is 9.38 Å². The summed E-state index contributed by atoms with van der Waals surface area (Å²) in [6.07, 6.45) is 13.3. The molecule has 3 heteroatoms. The minimum atomic E-state index is -0.849. The van der Waals surface area contributed by atoms with Crippen LogP contribution in [-0.4, -0.2) is 23.1 Å². The highest BCUT2D eigenvalue weighted by molar-refractivity contribution is 5.89. The summed E-state index contributed by atoms with van der Waals surface area (Å²) in [4.78, 5) is 4.80. The molecule has 0 aromatic rings. The molecule has 1 N–H and O–H groups in total. The van der Waals surface area contributed by atoms with Crippen molar-refractivity contribution in [3.05, 3.63) is 11.8 Å². The Morgan fingerprint density at radius 1 is 1.08 bits per heavy atom. The lowest BCUT2D eigenvalue weighted by molar-refractivity contribution is 0.0592. The Kier molecular flexibility index (Phi) is 10.6. The third-order valence-electron chi connectivity index (χ3n) is 5.72. The summed E-state index contributed by atoms with van der Waals surface area (Å²) in [6, 6.07) is 0. The van der Waals surface area contributed by atoms with Crippen molar-refractivity contribution in [2.24, 2.45) is 16.8 Å². The van der Waals surface area contributed by atoms with Gasteiger partial charge >= 0.3 is 0 Å². The van der Waals surface area contributed by atoms with Crippen molar-refractivity contribution >= 4 is 5.71 Å². The van der Waals surface area contributed by atoms with Crippen molar-refractivity contribution < 1.29 is 9.50 Å². The zero-order valence-corrected chi connectivity index (χ0v) is 17.0. The molecular formula is C22H40FNO. The second kappa shape index (κ2) is 11.8. The zero-order valence-electron chi connectivity index (χ0n) is 17.0. The maximum Gasteiger partial charge on any atom is 0.106 e. The maximum absolute atomic E-state index is 13.1. The average Bonchev–Trinajstić information content (AvgIpc) is 2.60. The third kappa shape index (κ3) is 6.84. The normalized spacial score (nSPS) is 23.1. The van der Waals surface area contributed by atoms with E-state index in [2.05, 4.69) is 26.8 Å². The molecule has 0 aromatic heterocycles. The molecule has 2 nitrogen and oxygen atoms in total. The molecule has 1 aliphatic rings. The summed E-state index contributed by atoms with van der Waals surface area (Å²) in [7, 11) is 0. The van der Waals surface area contributed by atoms with E-state index in [1.807, 2.05) is 6.92 Å². The van der Waals surface area contributed by atoms with E-state index >= 15 is 0 Å². The van der Waals surface area contributed by atoms with Crippen molar-refractivity contribution in [2.75, 3.05) is 6.67 Å². The SMILES string of the molecule is CCCCCCCC(O)(CC)C1=CC(C)C(CCCC)C(CCF)=N1. The lowest BCUT2D eigenvalue weighted by Crippen LogP contribution is -2.35. The molecule has 1 aliphatic heterocycles. The quantitative estimate of drug-likeness (QED) is 0.370. The molecular weight excluding hydrogens is 313 g/mol. The van der Waals surface area contributed by atoms with Crippen molar-refractivity contribution in [1.82, 2.24) is 0 Å². The molecule has 146 valence electrons. The van der Waals surface area contributed by atoms with E-state index in [0.29, 0.717) is 24.7 Å². The first-order valence-corrected chi connectivity index (χ1v) is 10.6. The van der Waals surface area contributed by atoms with Crippen molar-refractivity contribution in [3.63, 3.8) is 0 Å². The Hall–Kier alpha value is -0.700. The van der Waals surface area contributed by atoms with E-state index < -0.39 is 5.60 Å². The average molecular weight is 354 g/mol. The molecule has 0 spiro atoms. The first kappa shape index (κ1) is 22.3. The largest absolute Gasteiger partial charge is 0.384 e. The van der Waals surface area contributed by atoms with Gasteiger partial charge in [-0.15, -0.1) is 0 Å². The van der Waals surface area contributed by atoms with Crippen LogP contribution in [-0.2, 0) is 0 Å². The van der Waals surface area contributed by atoms with E-state index in [4.69, 9.17) is 4.99 Å². The number of allylic oxidation sites excluding steroid dienone is 1. The summed E-state index contributed by atoms with van der Waals surface area (Å²) >= 11 is 0. The van der Waals surface area contributed by atoms with Gasteiger partial charge in [-0.1, -0.05) is 78.7 Å². The Balaban J connectivity index is 2.84. The van der Waals surface area contributed by atoms with Crippen LogP contribution in [0.15, 0.2) is 16.8 Å². The van der Waals surface area contributed by atoms with E-state index in [0.717, 1.165) is 43.5 Å². The summed E-state index contributed by atoms with van der Waals surface area (Å²) < 4.78 is 13.1. The zero-order chi connectivity index (χ0) is 18.7. The van der Waals surface area contributed by atoms with Gasteiger partial charge in [0.25, 0.3) is 0 Å². The lowest BCUT2D eigenvalue weighted by atomic mass is 9.78. The molecule has 3 atom stereocenters. The number of rotatable bonds is 13. The number of hydrogen-bond donors (Lipinski definition) is 1. The van der Waals surface area contributed by atoms with Crippen LogP contribution in [0.5, 0.6) is 0 Å². The van der Waals surface area contributed by atoms with Crippen molar-refractivity contribution in [2.45, 2.75) is 104 Å². The predicted octanol–water partition coefficient (Wildman–Crippen LogP) is 6.63. The highest BCUT2D eigenvalue weighted by Gasteiger charge is 2.34. The van der Waals surface area contributed by atoms with Crippen molar-refractivity contribution in [1.29, 1.82) is 0 Å². The van der Waals surface area contributed by atoms with Crippen LogP contribution in [0.3, 0.4) is 0 Å². The molecule has 0 amide bonds. The minimum absolute atomic E-state index is 0.332. The van der Waals surface area contributed by atoms with E-state index in [1.165, 1.54) is 25.7 Å². The van der Waals surface area contributed by atoms with Crippen LogP contribution in [0.1, 0.15) is 98.3 Å². The Bertz CT molecular complexity index is 432. The van der Waals surface area contributed by atoms with Gasteiger partial charge in [0.2, 0.25) is 0 Å². The third-order valence-corrected chi connectivity index (χ3v) is 5.72. The second-order valence-electron chi connectivity index (χ2n) is 7.75. The molecule has 0 aliphatic carbocycles. The second-order valence-corrected chi connectivity index (χ2v) is 7.75. The smallest absolute Gasteiger partial charge is 0.106 e. The van der Waals surface area contributed by atoms with Crippen LogP contribution in [0.4, 0.5) is 4.39 Å². The first-order valence-electron chi connectivity index (χ1n) is 10.6. The van der Waals surface area contributed by atoms with Gasteiger partial charge in [-0.2, -0.15) is 0 Å². The highest BCUT2D eigenvalue weighted by atomic mass is 19.1. The monoisotopic (exact) mass is 353 g/mol. The van der Waals surface area contributed by atoms with Crippen LogP contribution in [0.25, 0.3) is 0 Å². The molecule has 3 unspecified atom stereocenters. The van der Waals surface area contributed by atoms with Gasteiger partial charge in [0, 0.05) is 18.1 Å². The minimum Gasteiger partial charge on any atom is -0.384 e. The standard InChI is InChI=1S/C22H40FNO/c1-5-8-10-11-12-15-22(25,7-3)21-17-18(4)19(13-9-6-2)20(24-21)14-16-23/h17-19,25H,5-16H2,1-4H3. The fourth-order valence-corrected chi connectivity index (χ4v) is 3.90. The van der Waals surface area contributed by atoms with Crippen molar-refractivity contribution in [3.8, 4) is 0 Å². The molecule has 1 heterocycles. The van der Waals surface area contributed by atoms with E-state index in [1.54, 1.807) is 0 Å².